The lowest BCUT2D eigenvalue weighted by atomic mass is 10.3. The number of amides is 1. The van der Waals surface area contributed by atoms with E-state index >= 15 is 0 Å². The van der Waals surface area contributed by atoms with Gasteiger partial charge in [-0.3, -0.25) is 10.2 Å². The third-order valence-electron chi connectivity index (χ3n) is 1.25. The van der Waals surface area contributed by atoms with Crippen molar-refractivity contribution in [1.29, 1.82) is 0 Å². The monoisotopic (exact) mass is 201 g/mol. The van der Waals surface area contributed by atoms with Gasteiger partial charge in [-0.25, -0.2) is 10.8 Å². The molecule has 1 aromatic rings. The molecule has 0 aliphatic heterocycles. The number of carbonyl (C=O) groups is 1. The van der Waals surface area contributed by atoms with Gasteiger partial charge in [-0.2, -0.15) is 0 Å². The molecular weight excluding hydrogens is 194 g/mol. The van der Waals surface area contributed by atoms with Crippen LogP contribution in [0.5, 0.6) is 0 Å². The van der Waals surface area contributed by atoms with Crippen LogP contribution < -0.4 is 11.3 Å². The molecular formula is C6H7N3OS2. The minimum Gasteiger partial charge on any atom is -0.289 e. The molecule has 0 aliphatic carbocycles. The van der Waals surface area contributed by atoms with Crippen molar-refractivity contribution in [3.63, 3.8) is 0 Å². The Kier molecular flexibility index (Phi) is 2.96. The zero-order chi connectivity index (χ0) is 9.14. The molecule has 0 atom stereocenters. The lowest BCUT2D eigenvalue weighted by Gasteiger charge is -2.03. The molecule has 0 unspecified atom stereocenters. The van der Waals surface area contributed by atoms with Crippen LogP contribution >= 0.6 is 25.3 Å². The van der Waals surface area contributed by atoms with E-state index in [0.717, 1.165) is 0 Å². The molecule has 4 nitrogen and oxygen atoms in total. The summed E-state index contributed by atoms with van der Waals surface area (Å²) in [4.78, 5) is 15.8. The maximum Gasteiger partial charge on any atom is 0.284 e. The van der Waals surface area contributed by atoms with Crippen LogP contribution in [0.1, 0.15) is 10.5 Å². The lowest BCUT2D eigenvalue weighted by molar-refractivity contribution is 0.0945. The minimum atomic E-state index is -0.476. The lowest BCUT2D eigenvalue weighted by Crippen LogP contribution is -2.31. The average Bonchev–Trinajstić information content (AvgIpc) is 2.08. The Morgan fingerprint density at radius 3 is 2.83 bits per heavy atom. The minimum absolute atomic E-state index is 0.174. The second-order valence-electron chi connectivity index (χ2n) is 2.00. The van der Waals surface area contributed by atoms with Gasteiger partial charge in [0.1, 0.15) is 5.69 Å². The maximum absolute atomic E-state index is 11.0. The second kappa shape index (κ2) is 3.79. The summed E-state index contributed by atoms with van der Waals surface area (Å²) in [6, 6.07) is 1.64. The van der Waals surface area contributed by atoms with Gasteiger partial charge in [0.05, 0.1) is 0 Å². The van der Waals surface area contributed by atoms with Crippen molar-refractivity contribution >= 4 is 31.2 Å². The Bertz CT molecular complexity index is 316. The highest BCUT2D eigenvalue weighted by molar-refractivity contribution is 7.83. The van der Waals surface area contributed by atoms with Gasteiger partial charge < -0.3 is 0 Å². The molecule has 1 heterocycles. The first-order valence-corrected chi connectivity index (χ1v) is 3.94. The van der Waals surface area contributed by atoms with Crippen molar-refractivity contribution in [2.45, 2.75) is 9.79 Å². The number of nitrogens with zero attached hydrogens (tertiary/aromatic N) is 1. The largest absolute Gasteiger partial charge is 0.289 e. The van der Waals surface area contributed by atoms with Gasteiger partial charge in [0.25, 0.3) is 5.91 Å². The van der Waals surface area contributed by atoms with E-state index in [-0.39, 0.29) is 5.69 Å². The molecule has 1 rings (SSSR count). The Morgan fingerprint density at radius 1 is 1.58 bits per heavy atom. The Hall–Kier alpha value is -0.720. The fourth-order valence-electron chi connectivity index (χ4n) is 0.678. The molecule has 12 heavy (non-hydrogen) atoms. The molecule has 1 amide bonds. The van der Waals surface area contributed by atoms with Crippen molar-refractivity contribution in [3.8, 4) is 0 Å². The quantitative estimate of drug-likeness (QED) is 0.228. The van der Waals surface area contributed by atoms with Gasteiger partial charge >= 0.3 is 0 Å². The fraction of sp³-hybridized carbons (Fsp3) is 0. The predicted octanol–water partition coefficient (Wildman–Crippen LogP) is 0.262. The SMILES string of the molecule is NNC(=O)c1nccc(S)c1S. The van der Waals surface area contributed by atoms with Crippen molar-refractivity contribution in [2.24, 2.45) is 5.84 Å². The van der Waals surface area contributed by atoms with Crippen molar-refractivity contribution in [3.05, 3.63) is 18.0 Å². The highest BCUT2D eigenvalue weighted by Crippen LogP contribution is 2.19. The van der Waals surface area contributed by atoms with Crippen LogP contribution in [0.15, 0.2) is 22.1 Å². The molecule has 1 aromatic heterocycles. The van der Waals surface area contributed by atoms with E-state index in [4.69, 9.17) is 5.84 Å². The van der Waals surface area contributed by atoms with Gasteiger partial charge in [0, 0.05) is 16.0 Å². The van der Waals surface area contributed by atoms with Crippen LogP contribution in [0.2, 0.25) is 0 Å². The maximum atomic E-state index is 11.0. The van der Waals surface area contributed by atoms with Gasteiger partial charge in [0.2, 0.25) is 0 Å². The average molecular weight is 201 g/mol. The van der Waals surface area contributed by atoms with E-state index in [2.05, 4.69) is 30.2 Å². The van der Waals surface area contributed by atoms with E-state index in [1.54, 1.807) is 6.07 Å². The van der Waals surface area contributed by atoms with Crippen LogP contribution in [-0.4, -0.2) is 10.9 Å². The molecule has 3 N–H and O–H groups in total. The highest BCUT2D eigenvalue weighted by Gasteiger charge is 2.10. The number of thiol groups is 2. The molecule has 0 saturated heterocycles. The summed E-state index contributed by atoms with van der Waals surface area (Å²) in [6.07, 6.45) is 1.46. The van der Waals surface area contributed by atoms with Crippen molar-refractivity contribution in [1.82, 2.24) is 10.4 Å². The van der Waals surface area contributed by atoms with Crippen LogP contribution in [0.3, 0.4) is 0 Å². The number of rotatable bonds is 1. The van der Waals surface area contributed by atoms with Crippen molar-refractivity contribution < 1.29 is 4.79 Å². The van der Waals surface area contributed by atoms with E-state index < -0.39 is 5.91 Å². The molecule has 0 spiro atoms. The second-order valence-corrected chi connectivity index (χ2v) is 2.93. The topological polar surface area (TPSA) is 68.0 Å². The molecule has 64 valence electrons. The van der Waals surface area contributed by atoms with E-state index in [1.807, 2.05) is 5.43 Å². The molecule has 0 aliphatic rings. The van der Waals surface area contributed by atoms with Crippen LogP contribution in [0, 0.1) is 0 Å². The van der Waals surface area contributed by atoms with Gasteiger partial charge in [-0.1, -0.05) is 0 Å². The first-order valence-electron chi connectivity index (χ1n) is 3.04. The zero-order valence-corrected chi connectivity index (χ0v) is 7.77. The van der Waals surface area contributed by atoms with Gasteiger partial charge in [-0.15, -0.1) is 25.3 Å². The summed E-state index contributed by atoms with van der Waals surface area (Å²) in [5, 5.41) is 0. The van der Waals surface area contributed by atoms with Crippen LogP contribution in [0.4, 0.5) is 0 Å². The number of nitrogens with one attached hydrogen (secondary N) is 1. The summed E-state index contributed by atoms with van der Waals surface area (Å²) in [5.41, 5.74) is 2.14. The zero-order valence-electron chi connectivity index (χ0n) is 5.98. The van der Waals surface area contributed by atoms with E-state index in [0.29, 0.717) is 9.79 Å². The third kappa shape index (κ3) is 1.71. The Balaban J connectivity index is 3.16. The Labute approximate surface area is 80.3 Å². The number of pyridine rings is 1. The normalized spacial score (nSPS) is 9.58. The Morgan fingerprint density at radius 2 is 2.25 bits per heavy atom. The molecule has 0 saturated carbocycles. The van der Waals surface area contributed by atoms with E-state index in [9.17, 15) is 4.79 Å². The third-order valence-corrected chi connectivity index (χ3v) is 2.25. The van der Waals surface area contributed by atoms with E-state index in [1.165, 1.54) is 6.20 Å². The number of nitrogens with two attached hydrogens (primary N) is 1. The number of aromatic nitrogens is 1. The number of hydrogen-bond donors (Lipinski definition) is 4. The first-order chi connectivity index (χ1) is 5.66. The van der Waals surface area contributed by atoms with Crippen LogP contribution in [0.25, 0.3) is 0 Å². The summed E-state index contributed by atoms with van der Waals surface area (Å²) in [6.45, 7) is 0. The molecule has 0 bridgehead atoms. The molecule has 0 aromatic carbocycles. The van der Waals surface area contributed by atoms with Gasteiger partial charge in [-0.05, 0) is 6.07 Å². The van der Waals surface area contributed by atoms with Crippen molar-refractivity contribution in [2.75, 3.05) is 0 Å². The number of hydrazine groups is 1. The number of carbonyl (C=O) groups excluding carboxylic acids is 1. The summed E-state index contributed by atoms with van der Waals surface area (Å²) in [5.74, 6) is 4.45. The summed E-state index contributed by atoms with van der Waals surface area (Å²) in [7, 11) is 0. The first kappa shape index (κ1) is 9.37. The van der Waals surface area contributed by atoms with Crippen LogP contribution in [-0.2, 0) is 0 Å². The summed E-state index contributed by atoms with van der Waals surface area (Å²) < 4.78 is 0. The fourth-order valence-corrected chi connectivity index (χ4v) is 1.08. The molecule has 6 heteroatoms. The molecule has 0 radical (unpaired) electrons. The standard InChI is InChI=1S/C6H7N3OS2/c7-9-6(10)4-5(12)3(11)1-2-8-4/h1-2,12H,7H2,(H,8,11)(H,9,10). The number of nitrogen functional groups attached to an aromatic ring is 1. The highest BCUT2D eigenvalue weighted by atomic mass is 32.1. The molecule has 0 fully saturated rings. The smallest absolute Gasteiger partial charge is 0.284 e. The van der Waals surface area contributed by atoms with Gasteiger partial charge in [0.15, 0.2) is 0 Å². The summed E-state index contributed by atoms with van der Waals surface area (Å²) >= 11 is 8.11. The predicted molar refractivity (Wildman–Crippen MR) is 50.4 cm³/mol. The number of hydrogen-bond acceptors (Lipinski definition) is 5.